The highest BCUT2D eigenvalue weighted by Crippen LogP contribution is 2.33. The van der Waals surface area contributed by atoms with Gasteiger partial charge < -0.3 is 26.0 Å². The summed E-state index contributed by atoms with van der Waals surface area (Å²) < 4.78 is 27.9. The Labute approximate surface area is 181 Å². The molecule has 0 aliphatic carbocycles. The van der Waals surface area contributed by atoms with Crippen molar-refractivity contribution in [2.45, 2.75) is 17.9 Å². The number of nitrogens with one attached hydrogen (secondary N) is 3. The number of anilines is 1. The molecule has 10 nitrogen and oxygen atoms in total. The van der Waals surface area contributed by atoms with Crippen LogP contribution in [0.15, 0.2) is 39.7 Å². The van der Waals surface area contributed by atoms with Crippen LogP contribution < -0.4 is 15.4 Å². The molecule has 0 aliphatic rings. The minimum absolute atomic E-state index is 0.306. The molecule has 162 valence electrons. The summed E-state index contributed by atoms with van der Waals surface area (Å²) in [6.45, 7) is 0.881. The molecule has 0 saturated heterocycles. The number of hydrogen-bond acceptors (Lipinski definition) is 7. The third kappa shape index (κ3) is 5.20. The van der Waals surface area contributed by atoms with Crippen LogP contribution in [0.3, 0.4) is 0 Å². The zero-order valence-electron chi connectivity index (χ0n) is 15.9. The highest BCUT2D eigenvalue weighted by atomic mass is 79.9. The number of sulfonamides is 1. The van der Waals surface area contributed by atoms with E-state index < -0.39 is 50.9 Å². The minimum Gasteiger partial charge on any atom is -0.507 e. The number of phenols is 2. The maximum Gasteiger partial charge on any atom is 0.265 e. The number of rotatable bonds is 7. The van der Waals surface area contributed by atoms with Crippen molar-refractivity contribution >= 4 is 43.5 Å². The molecule has 0 heterocycles. The lowest BCUT2D eigenvalue weighted by molar-refractivity contribution is -0.123. The van der Waals surface area contributed by atoms with Crippen molar-refractivity contribution in [2.24, 2.45) is 0 Å². The molecule has 0 bridgehead atoms. The van der Waals surface area contributed by atoms with Crippen LogP contribution in [0.4, 0.5) is 5.69 Å². The number of halogens is 1. The molecule has 0 spiro atoms. The van der Waals surface area contributed by atoms with Gasteiger partial charge in [-0.15, -0.1) is 0 Å². The summed E-state index contributed by atoms with van der Waals surface area (Å²) in [4.78, 5) is 23.7. The van der Waals surface area contributed by atoms with Crippen LogP contribution in [0.1, 0.15) is 15.9 Å². The van der Waals surface area contributed by atoms with Gasteiger partial charge >= 0.3 is 0 Å². The van der Waals surface area contributed by atoms with E-state index in [9.17, 15) is 33.3 Å². The van der Waals surface area contributed by atoms with Gasteiger partial charge in [-0.05, 0) is 42.8 Å². The summed E-state index contributed by atoms with van der Waals surface area (Å²) in [5, 5.41) is 34.2. The van der Waals surface area contributed by atoms with Gasteiger partial charge in [0.15, 0.2) is 5.75 Å². The van der Waals surface area contributed by atoms with Crippen LogP contribution in [-0.2, 0) is 14.8 Å². The summed E-state index contributed by atoms with van der Waals surface area (Å²) in [7, 11) is -2.99. The maximum atomic E-state index is 12.7. The number of amides is 2. The number of carbonyl (C=O) groups excluding carboxylic acids is 2. The van der Waals surface area contributed by atoms with Crippen LogP contribution in [0, 0.1) is 6.92 Å². The van der Waals surface area contributed by atoms with Gasteiger partial charge in [0, 0.05) is 11.5 Å². The zero-order chi connectivity index (χ0) is 22.6. The van der Waals surface area contributed by atoms with Crippen LogP contribution >= 0.6 is 15.9 Å². The van der Waals surface area contributed by atoms with E-state index in [1.807, 2.05) is 0 Å². The van der Waals surface area contributed by atoms with Gasteiger partial charge in [-0.1, -0.05) is 15.9 Å². The number of likely N-dealkylation sites (N-methyl/N-ethyl adjacent to an activating group) is 1. The van der Waals surface area contributed by atoms with E-state index in [1.165, 1.54) is 37.4 Å². The number of phenolic OH excluding ortho intramolecular Hbond substituents is 2. The molecule has 30 heavy (non-hydrogen) atoms. The van der Waals surface area contributed by atoms with Gasteiger partial charge in [-0.25, -0.2) is 8.42 Å². The van der Waals surface area contributed by atoms with E-state index >= 15 is 0 Å². The Kier molecular flexibility index (Phi) is 7.29. The second-order valence-corrected chi connectivity index (χ2v) is 8.82. The Morgan fingerprint density at radius 3 is 2.43 bits per heavy atom. The maximum absolute atomic E-state index is 12.7. The smallest absolute Gasteiger partial charge is 0.265 e. The van der Waals surface area contributed by atoms with E-state index in [-0.39, 0.29) is 11.3 Å². The Morgan fingerprint density at radius 1 is 1.17 bits per heavy atom. The van der Waals surface area contributed by atoms with Crippen molar-refractivity contribution in [1.29, 1.82) is 0 Å². The molecule has 6 N–H and O–H groups in total. The van der Waals surface area contributed by atoms with Crippen molar-refractivity contribution in [3.8, 4) is 11.5 Å². The molecule has 1 unspecified atom stereocenters. The zero-order valence-corrected chi connectivity index (χ0v) is 18.3. The lowest BCUT2D eigenvalue weighted by Crippen LogP contribution is -2.48. The first-order chi connectivity index (χ1) is 14.0. The number of aryl methyl sites for hydroxylation is 1. The highest BCUT2D eigenvalue weighted by molar-refractivity contribution is 9.10. The van der Waals surface area contributed by atoms with Gasteiger partial charge in [0.2, 0.25) is 5.91 Å². The summed E-state index contributed by atoms with van der Waals surface area (Å²) >= 11 is 3.12. The Morgan fingerprint density at radius 2 is 1.83 bits per heavy atom. The summed E-state index contributed by atoms with van der Waals surface area (Å²) in [6, 6.07) is 5.12. The Bertz CT molecular complexity index is 1090. The Balaban J connectivity index is 2.42. The minimum atomic E-state index is -4.32. The molecule has 0 aliphatic heterocycles. The van der Waals surface area contributed by atoms with E-state index in [0.717, 1.165) is 0 Å². The molecule has 0 fully saturated rings. The van der Waals surface area contributed by atoms with Crippen LogP contribution in [0.5, 0.6) is 11.5 Å². The molecule has 2 rings (SSSR count). The fourth-order valence-electron chi connectivity index (χ4n) is 2.54. The van der Waals surface area contributed by atoms with E-state index in [1.54, 1.807) is 6.92 Å². The SMILES string of the molecule is CNC(=O)C(CO)NC(=O)c1cc(C)cc(NS(=O)(=O)c2cc(Br)ccc2O)c1O. The number of aromatic hydroxyl groups is 2. The average Bonchev–Trinajstić information content (AvgIpc) is 2.69. The molecule has 2 aromatic rings. The summed E-state index contributed by atoms with van der Waals surface area (Å²) in [5.74, 6) is -2.74. The van der Waals surface area contributed by atoms with E-state index in [4.69, 9.17) is 0 Å². The van der Waals surface area contributed by atoms with Crippen LogP contribution in [0.2, 0.25) is 0 Å². The summed E-state index contributed by atoms with van der Waals surface area (Å²) in [6.07, 6.45) is 0. The standard InChI is InChI=1S/C18H20BrN3O7S/c1-9-5-11(17(26)21-13(8-23)18(27)20-2)16(25)12(6-9)22-30(28,29)15-7-10(19)3-4-14(15)24/h3-7,13,22-25H,8H2,1-2H3,(H,20,27)(H,21,26). The third-order valence-electron chi connectivity index (χ3n) is 4.01. The van der Waals surface area contributed by atoms with Gasteiger partial charge in [0.05, 0.1) is 17.9 Å². The quantitative estimate of drug-likeness (QED) is 0.305. The summed E-state index contributed by atoms with van der Waals surface area (Å²) in [5.41, 5.74) is -0.192. The molecule has 0 radical (unpaired) electrons. The number of benzene rings is 2. The molecular formula is C18H20BrN3O7S. The first-order valence-corrected chi connectivity index (χ1v) is 10.8. The molecule has 0 aromatic heterocycles. The van der Waals surface area contributed by atoms with Crippen LogP contribution in [0.25, 0.3) is 0 Å². The van der Waals surface area contributed by atoms with Crippen molar-refractivity contribution in [3.05, 3.63) is 45.9 Å². The molecular weight excluding hydrogens is 482 g/mol. The first-order valence-electron chi connectivity index (χ1n) is 8.48. The average molecular weight is 502 g/mol. The van der Waals surface area contributed by atoms with Crippen molar-refractivity contribution in [1.82, 2.24) is 10.6 Å². The first kappa shape index (κ1) is 23.4. The highest BCUT2D eigenvalue weighted by Gasteiger charge is 2.25. The fraction of sp³-hybridized carbons (Fsp3) is 0.222. The van der Waals surface area contributed by atoms with Crippen molar-refractivity contribution < 1.29 is 33.3 Å². The largest absolute Gasteiger partial charge is 0.507 e. The van der Waals surface area contributed by atoms with Crippen molar-refractivity contribution in [2.75, 3.05) is 18.4 Å². The van der Waals surface area contributed by atoms with Crippen LogP contribution in [-0.4, -0.2) is 55.2 Å². The predicted octanol–water partition coefficient (Wildman–Crippen LogP) is 0.806. The predicted molar refractivity (Wildman–Crippen MR) is 112 cm³/mol. The number of aliphatic hydroxyl groups excluding tert-OH is 1. The molecule has 12 heteroatoms. The van der Waals surface area contributed by atoms with Gasteiger partial charge in [0.25, 0.3) is 15.9 Å². The Hall–Kier alpha value is -2.83. The fourth-order valence-corrected chi connectivity index (χ4v) is 4.23. The van der Waals surface area contributed by atoms with Gasteiger partial charge in [0.1, 0.15) is 16.7 Å². The molecule has 2 aromatic carbocycles. The second kappa shape index (κ2) is 9.32. The second-order valence-electron chi connectivity index (χ2n) is 6.25. The van der Waals surface area contributed by atoms with E-state index in [2.05, 4.69) is 31.3 Å². The number of hydrogen-bond donors (Lipinski definition) is 6. The van der Waals surface area contributed by atoms with Gasteiger partial charge in [-0.2, -0.15) is 0 Å². The lowest BCUT2D eigenvalue weighted by atomic mass is 10.1. The molecule has 0 saturated carbocycles. The third-order valence-corrected chi connectivity index (χ3v) is 5.89. The number of carbonyl (C=O) groups is 2. The lowest BCUT2D eigenvalue weighted by Gasteiger charge is -2.17. The number of aliphatic hydroxyl groups is 1. The monoisotopic (exact) mass is 501 g/mol. The molecule has 2 amide bonds. The topological polar surface area (TPSA) is 165 Å². The normalized spacial score (nSPS) is 12.1. The van der Waals surface area contributed by atoms with Crippen molar-refractivity contribution in [3.63, 3.8) is 0 Å². The van der Waals surface area contributed by atoms with Gasteiger partial charge in [-0.3, -0.25) is 14.3 Å². The molecule has 1 atom stereocenters. The van der Waals surface area contributed by atoms with E-state index in [0.29, 0.717) is 10.0 Å².